The van der Waals surface area contributed by atoms with Crippen molar-refractivity contribution in [2.75, 3.05) is 5.32 Å². The van der Waals surface area contributed by atoms with Crippen molar-refractivity contribution in [1.82, 2.24) is 0 Å². The molecule has 0 unspecified atom stereocenters. The Morgan fingerprint density at radius 3 is 2.44 bits per heavy atom. The zero-order valence-electron chi connectivity index (χ0n) is 9.54. The lowest BCUT2D eigenvalue weighted by molar-refractivity contribution is -0.384. The van der Waals surface area contributed by atoms with Crippen molar-refractivity contribution < 1.29 is 18.1 Å². The van der Waals surface area contributed by atoms with E-state index in [1.54, 1.807) is 6.92 Å². The first-order valence-corrected chi connectivity index (χ1v) is 5.35. The molecule has 4 nitrogen and oxygen atoms in total. The maximum absolute atomic E-state index is 12.8. The molecule has 0 heterocycles. The van der Waals surface area contributed by atoms with Gasteiger partial charge in [0.05, 0.1) is 4.92 Å². The quantitative estimate of drug-likeness (QED) is 0.669. The van der Waals surface area contributed by atoms with Gasteiger partial charge < -0.3 is 5.32 Å². The summed E-state index contributed by atoms with van der Waals surface area (Å²) in [5.41, 5.74) is -1.74. The SMILES string of the molecule is Cc1ccc([N+](=O)[O-])c(NC2(C(F)(F)F)CC2)c1. The first-order valence-electron chi connectivity index (χ1n) is 5.35. The lowest BCUT2D eigenvalue weighted by Crippen LogP contribution is -2.38. The smallest absolute Gasteiger partial charge is 0.366 e. The Morgan fingerprint density at radius 1 is 1.39 bits per heavy atom. The Kier molecular flexibility index (Phi) is 2.71. The third-order valence-corrected chi connectivity index (χ3v) is 3.02. The molecule has 1 N–H and O–H groups in total. The fraction of sp³-hybridized carbons (Fsp3) is 0.455. The Hall–Kier alpha value is -1.79. The normalized spacial score (nSPS) is 17.3. The molecular formula is C11H11F3N2O2. The number of alkyl halides is 3. The Balaban J connectivity index is 2.35. The molecule has 1 fully saturated rings. The average molecular weight is 260 g/mol. The van der Waals surface area contributed by atoms with E-state index in [9.17, 15) is 23.3 Å². The van der Waals surface area contributed by atoms with Gasteiger partial charge in [0.15, 0.2) is 0 Å². The highest BCUT2D eigenvalue weighted by atomic mass is 19.4. The molecule has 0 aromatic heterocycles. The van der Waals surface area contributed by atoms with Crippen molar-refractivity contribution in [2.45, 2.75) is 31.5 Å². The topological polar surface area (TPSA) is 55.2 Å². The number of halogens is 3. The highest BCUT2D eigenvalue weighted by Crippen LogP contribution is 2.52. The van der Waals surface area contributed by atoms with E-state index in [0.29, 0.717) is 5.56 Å². The van der Waals surface area contributed by atoms with Gasteiger partial charge in [0.25, 0.3) is 5.69 Å². The average Bonchev–Trinajstić information content (AvgIpc) is 2.97. The summed E-state index contributed by atoms with van der Waals surface area (Å²) in [6.07, 6.45) is -4.51. The molecule has 2 rings (SSSR count). The lowest BCUT2D eigenvalue weighted by atomic mass is 10.1. The summed E-state index contributed by atoms with van der Waals surface area (Å²) in [5.74, 6) is 0. The molecule has 0 atom stereocenters. The van der Waals surface area contributed by atoms with Crippen molar-refractivity contribution in [1.29, 1.82) is 0 Å². The predicted octanol–water partition coefficient (Wildman–Crippen LogP) is 3.41. The summed E-state index contributed by atoms with van der Waals surface area (Å²) in [6, 6.07) is 4.07. The van der Waals surface area contributed by atoms with Crippen molar-refractivity contribution >= 4 is 11.4 Å². The first-order chi connectivity index (χ1) is 8.25. The maximum Gasteiger partial charge on any atom is 0.411 e. The molecule has 0 saturated heterocycles. The molecule has 1 aromatic carbocycles. The maximum atomic E-state index is 12.8. The highest BCUT2D eigenvalue weighted by Gasteiger charge is 2.63. The number of aryl methyl sites for hydroxylation is 1. The van der Waals surface area contributed by atoms with Crippen molar-refractivity contribution in [3.05, 3.63) is 33.9 Å². The van der Waals surface area contributed by atoms with Crippen LogP contribution >= 0.6 is 0 Å². The van der Waals surface area contributed by atoms with E-state index in [1.165, 1.54) is 18.2 Å². The number of nitrogens with one attached hydrogen (secondary N) is 1. The summed E-state index contributed by atoms with van der Waals surface area (Å²) in [6.45, 7) is 1.67. The molecule has 0 aliphatic heterocycles. The van der Waals surface area contributed by atoms with Gasteiger partial charge in [0.1, 0.15) is 11.2 Å². The van der Waals surface area contributed by atoms with Gasteiger partial charge in [-0.15, -0.1) is 0 Å². The summed E-state index contributed by atoms with van der Waals surface area (Å²) >= 11 is 0. The van der Waals surface area contributed by atoms with E-state index >= 15 is 0 Å². The molecular weight excluding hydrogens is 249 g/mol. The second-order valence-corrected chi connectivity index (χ2v) is 4.48. The van der Waals surface area contributed by atoms with Crippen LogP contribution in [-0.2, 0) is 0 Å². The molecule has 1 aliphatic carbocycles. The third kappa shape index (κ3) is 2.12. The summed E-state index contributed by atoms with van der Waals surface area (Å²) < 4.78 is 38.3. The van der Waals surface area contributed by atoms with E-state index < -0.39 is 16.6 Å². The molecule has 1 aromatic rings. The van der Waals surface area contributed by atoms with Crippen LogP contribution in [0.1, 0.15) is 18.4 Å². The van der Waals surface area contributed by atoms with Crippen molar-refractivity contribution in [2.24, 2.45) is 0 Å². The fourth-order valence-electron chi connectivity index (χ4n) is 1.77. The van der Waals surface area contributed by atoms with Crippen LogP contribution in [0.4, 0.5) is 24.5 Å². The van der Waals surface area contributed by atoms with Crippen LogP contribution in [0.25, 0.3) is 0 Å². The number of nitro groups is 1. The second kappa shape index (κ2) is 3.86. The number of nitrogens with zero attached hydrogens (tertiary/aromatic N) is 1. The number of rotatable bonds is 3. The highest BCUT2D eigenvalue weighted by molar-refractivity contribution is 5.65. The van der Waals surface area contributed by atoms with E-state index in [4.69, 9.17) is 0 Å². The van der Waals surface area contributed by atoms with Gasteiger partial charge in [-0.2, -0.15) is 13.2 Å². The predicted molar refractivity (Wildman–Crippen MR) is 59.5 cm³/mol. The van der Waals surface area contributed by atoms with Crippen LogP contribution in [0.5, 0.6) is 0 Å². The van der Waals surface area contributed by atoms with Gasteiger partial charge in [0, 0.05) is 6.07 Å². The summed E-state index contributed by atoms with van der Waals surface area (Å²) in [5, 5.41) is 13.1. The van der Waals surface area contributed by atoms with E-state index in [0.717, 1.165) is 0 Å². The van der Waals surface area contributed by atoms with Crippen LogP contribution in [0, 0.1) is 17.0 Å². The molecule has 7 heteroatoms. The Bertz CT molecular complexity index is 496. The summed E-state index contributed by atoms with van der Waals surface area (Å²) in [4.78, 5) is 10.1. The number of anilines is 1. The summed E-state index contributed by atoms with van der Waals surface area (Å²) in [7, 11) is 0. The van der Waals surface area contributed by atoms with Gasteiger partial charge in [-0.05, 0) is 31.4 Å². The van der Waals surface area contributed by atoms with Gasteiger partial charge in [-0.3, -0.25) is 10.1 Å². The number of hydrogen-bond acceptors (Lipinski definition) is 3. The fourth-order valence-corrected chi connectivity index (χ4v) is 1.77. The number of hydrogen-bond donors (Lipinski definition) is 1. The minimum absolute atomic E-state index is 0.0540. The first kappa shape index (κ1) is 12.7. The van der Waals surface area contributed by atoms with Gasteiger partial charge in [-0.25, -0.2) is 0 Å². The van der Waals surface area contributed by atoms with Gasteiger partial charge in [-0.1, -0.05) is 6.07 Å². The lowest BCUT2D eigenvalue weighted by Gasteiger charge is -2.21. The molecule has 18 heavy (non-hydrogen) atoms. The zero-order chi connectivity index (χ0) is 13.6. The van der Waals surface area contributed by atoms with Crippen LogP contribution < -0.4 is 5.32 Å². The number of benzene rings is 1. The van der Waals surface area contributed by atoms with Gasteiger partial charge >= 0.3 is 6.18 Å². The van der Waals surface area contributed by atoms with E-state index in [2.05, 4.69) is 5.32 Å². The van der Waals surface area contributed by atoms with E-state index in [-0.39, 0.29) is 24.2 Å². The molecule has 1 saturated carbocycles. The second-order valence-electron chi connectivity index (χ2n) is 4.48. The van der Waals surface area contributed by atoms with Crippen LogP contribution in [0.3, 0.4) is 0 Å². The minimum atomic E-state index is -4.40. The molecule has 0 amide bonds. The van der Waals surface area contributed by atoms with Crippen molar-refractivity contribution in [3.8, 4) is 0 Å². The molecule has 0 radical (unpaired) electrons. The van der Waals surface area contributed by atoms with Gasteiger partial charge in [0.2, 0.25) is 0 Å². The van der Waals surface area contributed by atoms with Crippen molar-refractivity contribution in [3.63, 3.8) is 0 Å². The minimum Gasteiger partial charge on any atom is -0.366 e. The van der Waals surface area contributed by atoms with E-state index in [1.807, 2.05) is 0 Å². The Labute approximate surface area is 101 Å². The molecule has 98 valence electrons. The van der Waals surface area contributed by atoms with Crippen LogP contribution in [0.2, 0.25) is 0 Å². The third-order valence-electron chi connectivity index (χ3n) is 3.02. The molecule has 0 spiro atoms. The standard InChI is InChI=1S/C11H11F3N2O2/c1-7-2-3-9(16(17)18)8(6-7)15-10(4-5-10)11(12,13)14/h2-3,6,15H,4-5H2,1H3. The Morgan fingerprint density at radius 2 is 2.00 bits per heavy atom. The van der Waals surface area contributed by atoms with Crippen LogP contribution in [0.15, 0.2) is 18.2 Å². The number of nitro benzene ring substituents is 1. The monoisotopic (exact) mass is 260 g/mol. The zero-order valence-corrected chi connectivity index (χ0v) is 9.54. The molecule has 1 aliphatic rings. The molecule has 0 bridgehead atoms. The largest absolute Gasteiger partial charge is 0.411 e. The van der Waals surface area contributed by atoms with Crippen LogP contribution in [-0.4, -0.2) is 16.6 Å².